The molecule has 3 aromatic rings. The quantitative estimate of drug-likeness (QED) is 0.448. The first-order chi connectivity index (χ1) is 15.8. The summed E-state index contributed by atoms with van der Waals surface area (Å²) in [6.07, 6.45) is 1.25. The largest absolute Gasteiger partial charge is 0.465 e. The number of aromatic nitrogens is 1. The van der Waals surface area contributed by atoms with Gasteiger partial charge in [0, 0.05) is 6.20 Å². The molecule has 0 spiro atoms. The molecular weight excluding hydrogens is 440 g/mol. The van der Waals surface area contributed by atoms with Gasteiger partial charge in [-0.05, 0) is 48.2 Å². The fourth-order valence-electron chi connectivity index (χ4n) is 3.48. The van der Waals surface area contributed by atoms with E-state index in [0.717, 1.165) is 22.3 Å². The minimum Gasteiger partial charge on any atom is -0.465 e. The zero-order chi connectivity index (χ0) is 24.0. The summed E-state index contributed by atoms with van der Waals surface area (Å²) < 4.78 is 4.93. The predicted octanol–water partition coefficient (Wildman–Crippen LogP) is 5.52. The Kier molecular flexibility index (Phi) is 7.65. The molecule has 1 aromatic heterocycles. The third kappa shape index (κ3) is 5.48. The van der Waals surface area contributed by atoms with E-state index in [0.29, 0.717) is 22.1 Å². The van der Waals surface area contributed by atoms with E-state index in [1.807, 2.05) is 50.2 Å². The number of carbonyl (C=O) groups excluding carboxylic acids is 2. The van der Waals surface area contributed by atoms with Crippen molar-refractivity contribution >= 4 is 35.0 Å². The lowest BCUT2D eigenvalue weighted by molar-refractivity contribution is -0.115. The summed E-state index contributed by atoms with van der Waals surface area (Å²) in [6.45, 7) is 3.90. The van der Waals surface area contributed by atoms with Crippen molar-refractivity contribution < 1.29 is 14.3 Å². The van der Waals surface area contributed by atoms with E-state index in [9.17, 15) is 9.59 Å². The molecule has 1 heterocycles. The van der Waals surface area contributed by atoms with Crippen LogP contribution >= 0.6 is 11.6 Å². The molecule has 0 aliphatic heterocycles. The van der Waals surface area contributed by atoms with Crippen molar-refractivity contribution in [2.45, 2.75) is 26.3 Å². The molecule has 3 rings (SSSR count). The van der Waals surface area contributed by atoms with Gasteiger partial charge in [0.05, 0.1) is 29.8 Å². The Morgan fingerprint density at radius 2 is 1.91 bits per heavy atom. The number of pyridine rings is 1. The van der Waals surface area contributed by atoms with Crippen molar-refractivity contribution in [3.8, 4) is 17.2 Å². The maximum Gasteiger partial charge on any atom is 0.338 e. The van der Waals surface area contributed by atoms with Crippen LogP contribution in [0.5, 0.6) is 0 Å². The van der Waals surface area contributed by atoms with Crippen molar-refractivity contribution in [1.82, 2.24) is 4.98 Å². The number of hydrogen-bond acceptors (Lipinski definition) is 6. The van der Waals surface area contributed by atoms with E-state index < -0.39 is 5.91 Å². The SMILES string of the molecule is COC(=O)c1cccc(C)c1-c1ccc(C(C)Nc2nccc(Cl)c2NC(=O)CC#N)cc1. The molecule has 8 heteroatoms. The Morgan fingerprint density at radius 3 is 2.58 bits per heavy atom. The highest BCUT2D eigenvalue weighted by Gasteiger charge is 2.17. The Morgan fingerprint density at radius 1 is 1.18 bits per heavy atom. The van der Waals surface area contributed by atoms with Crippen LogP contribution in [0.2, 0.25) is 5.02 Å². The number of nitrogens with one attached hydrogen (secondary N) is 2. The summed E-state index contributed by atoms with van der Waals surface area (Å²) >= 11 is 6.24. The first-order valence-electron chi connectivity index (χ1n) is 10.2. The second kappa shape index (κ2) is 10.6. The molecule has 2 aromatic carbocycles. The van der Waals surface area contributed by atoms with E-state index in [1.165, 1.54) is 13.3 Å². The molecule has 0 fully saturated rings. The molecule has 33 heavy (non-hydrogen) atoms. The summed E-state index contributed by atoms with van der Waals surface area (Å²) in [6, 6.07) is 16.5. The number of benzene rings is 2. The first kappa shape index (κ1) is 23.8. The van der Waals surface area contributed by atoms with Gasteiger partial charge in [-0.1, -0.05) is 48.0 Å². The summed E-state index contributed by atoms with van der Waals surface area (Å²) in [7, 11) is 1.37. The average molecular weight is 463 g/mol. The monoisotopic (exact) mass is 462 g/mol. The van der Waals surface area contributed by atoms with Gasteiger partial charge in [-0.2, -0.15) is 5.26 Å². The molecule has 1 atom stereocenters. The zero-order valence-corrected chi connectivity index (χ0v) is 19.2. The highest BCUT2D eigenvalue weighted by atomic mass is 35.5. The van der Waals surface area contributed by atoms with Crippen LogP contribution in [-0.2, 0) is 9.53 Å². The van der Waals surface area contributed by atoms with Crippen LogP contribution in [0.25, 0.3) is 11.1 Å². The number of hydrogen-bond donors (Lipinski definition) is 2. The third-order valence-corrected chi connectivity index (χ3v) is 5.45. The van der Waals surface area contributed by atoms with Gasteiger partial charge in [-0.15, -0.1) is 0 Å². The van der Waals surface area contributed by atoms with Crippen LogP contribution in [0.3, 0.4) is 0 Å². The Labute approximate surface area is 197 Å². The number of methoxy groups -OCH3 is 1. The van der Waals surface area contributed by atoms with Gasteiger partial charge in [0.15, 0.2) is 5.82 Å². The summed E-state index contributed by atoms with van der Waals surface area (Å²) in [5.74, 6) is -0.449. The highest BCUT2D eigenvalue weighted by molar-refractivity contribution is 6.34. The van der Waals surface area contributed by atoms with Crippen molar-refractivity contribution in [2.75, 3.05) is 17.7 Å². The van der Waals surface area contributed by atoms with Crippen LogP contribution < -0.4 is 10.6 Å². The molecule has 0 saturated carbocycles. The minimum absolute atomic E-state index is 0.173. The maximum absolute atomic E-state index is 12.2. The van der Waals surface area contributed by atoms with Gasteiger partial charge in [-0.25, -0.2) is 9.78 Å². The fourth-order valence-corrected chi connectivity index (χ4v) is 3.67. The second-order valence-electron chi connectivity index (χ2n) is 7.38. The van der Waals surface area contributed by atoms with Crippen molar-refractivity contribution in [1.29, 1.82) is 5.26 Å². The number of aryl methyl sites for hydroxylation is 1. The van der Waals surface area contributed by atoms with Gasteiger partial charge < -0.3 is 15.4 Å². The topological polar surface area (TPSA) is 104 Å². The van der Waals surface area contributed by atoms with E-state index in [2.05, 4.69) is 15.6 Å². The Balaban J connectivity index is 1.86. The molecule has 1 unspecified atom stereocenters. The second-order valence-corrected chi connectivity index (χ2v) is 7.78. The zero-order valence-electron chi connectivity index (χ0n) is 18.5. The predicted molar refractivity (Wildman–Crippen MR) is 128 cm³/mol. The molecule has 0 aliphatic carbocycles. The van der Waals surface area contributed by atoms with E-state index in [1.54, 1.807) is 18.2 Å². The van der Waals surface area contributed by atoms with Crippen molar-refractivity contribution in [3.63, 3.8) is 0 Å². The van der Waals surface area contributed by atoms with Gasteiger partial charge in [0.1, 0.15) is 12.1 Å². The standard InChI is InChI=1S/C25H23ClN4O3/c1-15-5-4-6-19(25(32)33-3)22(15)18-9-7-17(8-10-18)16(2)29-24-23(20(26)12-14-28-24)30-21(31)11-13-27/h4-10,12,14,16H,11H2,1-3H3,(H,28,29)(H,30,31). The lowest BCUT2D eigenvalue weighted by Crippen LogP contribution is -2.15. The number of esters is 1. The van der Waals surface area contributed by atoms with Gasteiger partial charge in [0.2, 0.25) is 5.91 Å². The van der Waals surface area contributed by atoms with Gasteiger partial charge >= 0.3 is 5.97 Å². The van der Waals surface area contributed by atoms with Crippen LogP contribution in [0.4, 0.5) is 11.5 Å². The van der Waals surface area contributed by atoms with Crippen molar-refractivity contribution in [3.05, 3.63) is 76.4 Å². The van der Waals surface area contributed by atoms with Crippen LogP contribution in [0, 0.1) is 18.3 Å². The Hall–Kier alpha value is -3.89. The Bertz CT molecular complexity index is 1220. The summed E-state index contributed by atoms with van der Waals surface area (Å²) in [5.41, 5.74) is 4.49. The number of nitrogens with zero attached hydrogens (tertiary/aromatic N) is 2. The maximum atomic E-state index is 12.2. The lowest BCUT2D eigenvalue weighted by atomic mass is 9.93. The average Bonchev–Trinajstić information content (AvgIpc) is 2.81. The number of nitriles is 1. The minimum atomic E-state index is -0.466. The summed E-state index contributed by atoms with van der Waals surface area (Å²) in [4.78, 5) is 28.4. The molecule has 0 aliphatic rings. The number of anilines is 2. The molecule has 0 bridgehead atoms. The van der Waals surface area contributed by atoms with Crippen LogP contribution in [-0.4, -0.2) is 24.0 Å². The number of amides is 1. The van der Waals surface area contributed by atoms with E-state index >= 15 is 0 Å². The van der Waals surface area contributed by atoms with Crippen LogP contribution in [0.1, 0.15) is 40.9 Å². The molecule has 1 amide bonds. The van der Waals surface area contributed by atoms with Gasteiger partial charge in [-0.3, -0.25) is 4.79 Å². The smallest absolute Gasteiger partial charge is 0.338 e. The number of halogens is 1. The number of ether oxygens (including phenoxy) is 1. The van der Waals surface area contributed by atoms with Crippen LogP contribution in [0.15, 0.2) is 54.7 Å². The number of rotatable bonds is 7. The third-order valence-electron chi connectivity index (χ3n) is 5.13. The molecule has 0 saturated heterocycles. The molecule has 168 valence electrons. The van der Waals surface area contributed by atoms with E-state index in [-0.39, 0.29) is 18.4 Å². The molecule has 7 nitrogen and oxygen atoms in total. The van der Waals surface area contributed by atoms with E-state index in [4.69, 9.17) is 21.6 Å². The summed E-state index contributed by atoms with van der Waals surface area (Å²) in [5, 5.41) is 14.9. The fraction of sp³-hybridized carbons (Fsp3) is 0.200. The molecule has 2 N–H and O–H groups in total. The lowest BCUT2D eigenvalue weighted by Gasteiger charge is -2.19. The number of carbonyl (C=O) groups is 2. The molecular formula is C25H23ClN4O3. The molecule has 0 radical (unpaired) electrons. The van der Waals surface area contributed by atoms with Crippen molar-refractivity contribution in [2.24, 2.45) is 0 Å². The normalized spacial score (nSPS) is 11.2. The highest BCUT2D eigenvalue weighted by Crippen LogP contribution is 2.32. The van der Waals surface area contributed by atoms with Gasteiger partial charge in [0.25, 0.3) is 0 Å². The first-order valence-corrected chi connectivity index (χ1v) is 10.6.